The first-order chi connectivity index (χ1) is 36.6. The Kier molecular flexibility index (Phi) is 9.53. The lowest BCUT2D eigenvalue weighted by atomic mass is 9.33. The molecule has 0 aliphatic carbocycles. The minimum absolute atomic E-state index is 0.162. The van der Waals surface area contributed by atoms with Crippen molar-refractivity contribution in [3.8, 4) is 5.69 Å². The number of hydrogen-bond acceptors (Lipinski definition) is 5. The molecule has 15 rings (SSSR count). The van der Waals surface area contributed by atoms with Crippen LogP contribution in [0.2, 0.25) is 0 Å². The van der Waals surface area contributed by atoms with Crippen molar-refractivity contribution < 1.29 is 4.42 Å². The van der Waals surface area contributed by atoms with Crippen LogP contribution in [0.15, 0.2) is 259 Å². The van der Waals surface area contributed by atoms with E-state index in [0.29, 0.717) is 0 Å². The van der Waals surface area contributed by atoms with E-state index in [1.165, 1.54) is 53.0 Å². The molecule has 74 heavy (non-hydrogen) atoms. The van der Waals surface area contributed by atoms with E-state index in [4.69, 9.17) is 4.42 Å². The lowest BCUT2D eigenvalue weighted by molar-refractivity contribution is 0.669. The van der Waals surface area contributed by atoms with Crippen molar-refractivity contribution in [1.82, 2.24) is 4.57 Å². The molecule has 0 atom stereocenters. The lowest BCUT2D eigenvalue weighted by Gasteiger charge is -2.45. The molecular formula is C67H45BN4OS. The molecule has 0 amide bonds. The smallest absolute Gasteiger partial charge is 0.252 e. The summed E-state index contributed by atoms with van der Waals surface area (Å²) >= 11 is 1.85. The highest BCUT2D eigenvalue weighted by Crippen LogP contribution is 2.53. The second-order valence-corrected chi connectivity index (χ2v) is 20.3. The zero-order chi connectivity index (χ0) is 49.0. The van der Waals surface area contributed by atoms with Crippen LogP contribution in [0.1, 0.15) is 6.92 Å². The zero-order valence-corrected chi connectivity index (χ0v) is 41.3. The van der Waals surface area contributed by atoms with Gasteiger partial charge in [-0.3, -0.25) is 0 Å². The van der Waals surface area contributed by atoms with Gasteiger partial charge in [0.1, 0.15) is 11.2 Å². The van der Waals surface area contributed by atoms with Crippen LogP contribution in [0.3, 0.4) is 0 Å². The number of fused-ring (bicyclic) bond motifs is 15. The topological polar surface area (TPSA) is 27.8 Å². The predicted molar refractivity (Wildman–Crippen MR) is 317 cm³/mol. The number of nitrogens with zero attached hydrogens (tertiary/aromatic N) is 4. The van der Waals surface area contributed by atoms with Gasteiger partial charge in [0.05, 0.1) is 33.5 Å². The summed E-state index contributed by atoms with van der Waals surface area (Å²) in [5.41, 5.74) is 18.8. The van der Waals surface area contributed by atoms with Gasteiger partial charge < -0.3 is 23.7 Å². The van der Waals surface area contributed by atoms with Crippen LogP contribution in [0.25, 0.3) is 69.6 Å². The molecule has 2 aliphatic rings. The third kappa shape index (κ3) is 6.17. The van der Waals surface area contributed by atoms with Crippen LogP contribution in [0.4, 0.5) is 45.5 Å². The fraction of sp³-hybridized carbons (Fsp3) is 0.0149. The molecule has 0 fully saturated rings. The highest BCUT2D eigenvalue weighted by Gasteiger charge is 2.46. The van der Waals surface area contributed by atoms with E-state index in [2.05, 4.69) is 263 Å². The fourth-order valence-corrected chi connectivity index (χ4v) is 13.4. The molecule has 348 valence electrons. The van der Waals surface area contributed by atoms with Crippen molar-refractivity contribution in [3.05, 3.63) is 255 Å². The van der Waals surface area contributed by atoms with Gasteiger partial charge in [0.15, 0.2) is 0 Å². The molecular weight excluding hydrogens is 920 g/mol. The first-order valence-corrected chi connectivity index (χ1v) is 26.1. The molecule has 0 saturated heterocycles. The molecule has 5 nitrogen and oxygen atoms in total. The van der Waals surface area contributed by atoms with E-state index >= 15 is 0 Å². The second kappa shape index (κ2) is 16.6. The monoisotopic (exact) mass is 964 g/mol. The maximum atomic E-state index is 6.79. The fourth-order valence-electron chi connectivity index (χ4n) is 12.3. The van der Waals surface area contributed by atoms with E-state index in [9.17, 15) is 0 Å². The third-order valence-electron chi connectivity index (χ3n) is 15.2. The van der Waals surface area contributed by atoms with Crippen LogP contribution in [0, 0.1) is 0 Å². The molecule has 3 aromatic heterocycles. The van der Waals surface area contributed by atoms with E-state index in [1.807, 2.05) is 23.5 Å². The van der Waals surface area contributed by atoms with Gasteiger partial charge in [0, 0.05) is 76.2 Å². The number of allylic oxidation sites excluding steroid dienone is 5. The Morgan fingerprint density at radius 2 is 1.11 bits per heavy atom. The molecule has 10 aromatic carbocycles. The maximum absolute atomic E-state index is 6.79. The second-order valence-electron chi connectivity index (χ2n) is 19.2. The average Bonchev–Trinajstić information content (AvgIpc) is 4.17. The summed E-state index contributed by atoms with van der Waals surface area (Å²) in [6, 6.07) is 80.0. The predicted octanol–water partition coefficient (Wildman–Crippen LogP) is 16.9. The van der Waals surface area contributed by atoms with Crippen molar-refractivity contribution in [2.24, 2.45) is 0 Å². The van der Waals surface area contributed by atoms with E-state index in [1.54, 1.807) is 0 Å². The minimum Gasteiger partial charge on any atom is -0.456 e. The van der Waals surface area contributed by atoms with Crippen LogP contribution < -0.4 is 31.1 Å². The van der Waals surface area contributed by atoms with E-state index in [0.717, 1.165) is 84.2 Å². The standard InChI is InChI=1S/C67H45BN4OS/c1-3-4-8-22-43(2)69(54-33-21-36-61-62(54)50-31-17-20-35-60(50)74-61)47-41-56-65-57(42-47)72(46-27-13-7-14-28-46)67-52(38-40-59-64(67)49-30-16-19-34-58(49)73-59)68(65)51-37-39-55-63(66(51)71(56)45-25-11-6-12-26-45)48-29-15-18-32-53(48)70(55)44-23-9-5-10-24-44/h3-42H,1H2,2H3/b8-4-,43-22+. The summed E-state index contributed by atoms with van der Waals surface area (Å²) < 4.78 is 11.7. The molecule has 0 spiro atoms. The molecule has 2 aliphatic heterocycles. The van der Waals surface area contributed by atoms with Crippen molar-refractivity contribution in [2.45, 2.75) is 6.92 Å². The number of benzene rings is 10. The summed E-state index contributed by atoms with van der Waals surface area (Å²) in [5.74, 6) is 0. The van der Waals surface area contributed by atoms with E-state index < -0.39 is 0 Å². The Balaban J connectivity index is 1.14. The van der Waals surface area contributed by atoms with Crippen molar-refractivity contribution >= 4 is 144 Å². The highest BCUT2D eigenvalue weighted by molar-refractivity contribution is 7.26. The molecule has 0 N–H and O–H groups in total. The average molecular weight is 965 g/mol. The largest absolute Gasteiger partial charge is 0.456 e. The highest BCUT2D eigenvalue weighted by atomic mass is 32.1. The van der Waals surface area contributed by atoms with Gasteiger partial charge in [-0.15, -0.1) is 11.3 Å². The zero-order valence-electron chi connectivity index (χ0n) is 40.5. The molecule has 0 radical (unpaired) electrons. The molecule has 7 heteroatoms. The van der Waals surface area contributed by atoms with Crippen molar-refractivity contribution in [1.29, 1.82) is 0 Å². The Morgan fingerprint density at radius 3 is 1.82 bits per heavy atom. The molecule has 0 saturated carbocycles. The number of hydrogen-bond donors (Lipinski definition) is 0. The first kappa shape index (κ1) is 42.4. The van der Waals surface area contributed by atoms with Gasteiger partial charge in [-0.2, -0.15) is 0 Å². The molecule has 0 bridgehead atoms. The number of rotatable bonds is 8. The Bertz CT molecular complexity index is 4490. The van der Waals surface area contributed by atoms with Gasteiger partial charge in [-0.25, -0.2) is 0 Å². The number of anilines is 8. The van der Waals surface area contributed by atoms with Gasteiger partial charge in [-0.05, 0) is 120 Å². The summed E-state index contributed by atoms with van der Waals surface area (Å²) in [6.07, 6.45) is 8.15. The molecule has 5 heterocycles. The third-order valence-corrected chi connectivity index (χ3v) is 16.3. The Labute approximate surface area is 432 Å². The number of para-hydroxylation sites is 5. The number of furan rings is 1. The van der Waals surface area contributed by atoms with E-state index in [-0.39, 0.29) is 6.71 Å². The number of thiophene rings is 1. The van der Waals surface area contributed by atoms with Crippen molar-refractivity contribution in [3.63, 3.8) is 0 Å². The van der Waals surface area contributed by atoms with Crippen LogP contribution in [-0.2, 0) is 0 Å². The lowest BCUT2D eigenvalue weighted by Crippen LogP contribution is -2.61. The summed E-state index contributed by atoms with van der Waals surface area (Å²) in [7, 11) is 0. The van der Waals surface area contributed by atoms with Gasteiger partial charge in [0.25, 0.3) is 6.71 Å². The van der Waals surface area contributed by atoms with Gasteiger partial charge in [0.2, 0.25) is 0 Å². The first-order valence-electron chi connectivity index (χ1n) is 25.2. The molecule has 0 unspecified atom stereocenters. The summed E-state index contributed by atoms with van der Waals surface area (Å²) in [4.78, 5) is 7.59. The van der Waals surface area contributed by atoms with Crippen LogP contribution in [0.5, 0.6) is 0 Å². The normalized spacial score (nSPS) is 13.2. The van der Waals surface area contributed by atoms with Crippen molar-refractivity contribution in [2.75, 3.05) is 14.7 Å². The minimum atomic E-state index is -0.162. The van der Waals surface area contributed by atoms with Crippen LogP contribution in [-0.4, -0.2) is 11.3 Å². The van der Waals surface area contributed by atoms with Crippen LogP contribution >= 0.6 is 11.3 Å². The summed E-state index contributed by atoms with van der Waals surface area (Å²) in [5, 5.41) is 7.08. The Hall–Kier alpha value is -9.30. The van der Waals surface area contributed by atoms with Gasteiger partial charge in [-0.1, -0.05) is 152 Å². The quantitative estimate of drug-likeness (QED) is 0.112. The number of aromatic nitrogens is 1. The molecule has 13 aromatic rings. The Morgan fingerprint density at radius 1 is 0.514 bits per heavy atom. The van der Waals surface area contributed by atoms with Gasteiger partial charge >= 0.3 is 0 Å². The SMILES string of the molecule is C=C/C=C\C=C(/C)N(c1cc2c3c(c1)N(c1ccccc1)c1c(ccc4c1c1ccccc1n4-c1ccccc1)B3c1ccc3oc4ccccc4c3c1N2c1ccccc1)c1cccc2sc3ccccc3c12. The summed E-state index contributed by atoms with van der Waals surface area (Å²) in [6.45, 7) is 6.10. The maximum Gasteiger partial charge on any atom is 0.252 e.